The third-order valence-electron chi connectivity index (χ3n) is 5.27. The van der Waals surface area contributed by atoms with Crippen molar-refractivity contribution >= 4 is 16.8 Å². The van der Waals surface area contributed by atoms with E-state index in [4.69, 9.17) is 0 Å². The molecule has 3 aromatic rings. The number of carbonyl (C=O) groups is 1. The van der Waals surface area contributed by atoms with E-state index < -0.39 is 6.36 Å². The molecule has 1 amide bonds. The zero-order valence-electron chi connectivity index (χ0n) is 18.2. The van der Waals surface area contributed by atoms with Crippen LogP contribution < -0.4 is 4.74 Å². The number of carbonyl (C=O) groups excluding carboxylic acids is 1. The molecule has 0 aliphatic rings. The van der Waals surface area contributed by atoms with E-state index in [1.54, 1.807) is 27.2 Å². The highest BCUT2D eigenvalue weighted by Gasteiger charge is 2.31. The first-order chi connectivity index (χ1) is 14.5. The average molecular weight is 433 g/mol. The number of halogens is 3. The molecule has 0 radical (unpaired) electrons. The van der Waals surface area contributed by atoms with Crippen LogP contribution in [0.4, 0.5) is 13.2 Å². The molecule has 0 N–H and O–H groups in total. The number of hydrogen-bond acceptors (Lipinski definition) is 3. The number of ether oxygens (including phenoxy) is 1. The van der Waals surface area contributed by atoms with Gasteiger partial charge in [0.15, 0.2) is 0 Å². The summed E-state index contributed by atoms with van der Waals surface area (Å²) >= 11 is 0. The number of benzene rings is 1. The average Bonchev–Trinajstić information content (AvgIpc) is 3.06. The fraction of sp³-hybridized carbons (Fsp3) is 0.391. The van der Waals surface area contributed by atoms with Crippen LogP contribution in [0.5, 0.6) is 5.75 Å². The molecule has 0 spiro atoms. The first-order valence-corrected chi connectivity index (χ1v) is 9.98. The lowest BCUT2D eigenvalue weighted by Crippen LogP contribution is -2.25. The van der Waals surface area contributed by atoms with Gasteiger partial charge in [0.25, 0.3) is 0 Å². The minimum absolute atomic E-state index is 0.00648. The highest BCUT2D eigenvalue weighted by Crippen LogP contribution is 2.33. The molecule has 31 heavy (non-hydrogen) atoms. The van der Waals surface area contributed by atoms with Gasteiger partial charge in [0.05, 0.1) is 11.2 Å². The number of pyridine rings is 1. The predicted octanol–water partition coefficient (Wildman–Crippen LogP) is 5.05. The number of nitrogens with zero attached hydrogens (tertiary/aromatic N) is 3. The summed E-state index contributed by atoms with van der Waals surface area (Å²) in [6, 6.07) is 6.65. The van der Waals surface area contributed by atoms with E-state index in [0.29, 0.717) is 12.0 Å². The van der Waals surface area contributed by atoms with E-state index in [2.05, 4.69) is 9.72 Å². The SMILES string of the molecule is Cc1cc(OC(F)(F)F)cc(C(C)C)c1Cc1nccc2c1ccn2CC(=O)N(C)C. The molecule has 0 bridgehead atoms. The number of aromatic nitrogens is 2. The number of rotatable bonds is 6. The van der Waals surface area contributed by atoms with E-state index in [9.17, 15) is 18.0 Å². The van der Waals surface area contributed by atoms with Gasteiger partial charge in [-0.2, -0.15) is 0 Å². The molecule has 0 aliphatic heterocycles. The summed E-state index contributed by atoms with van der Waals surface area (Å²) in [5.74, 6) is -0.224. The third kappa shape index (κ3) is 5.18. The Kier molecular flexibility index (Phi) is 6.29. The van der Waals surface area contributed by atoms with Gasteiger partial charge in [-0.05, 0) is 53.8 Å². The summed E-state index contributed by atoms with van der Waals surface area (Å²) in [7, 11) is 3.42. The molecule has 8 heteroatoms. The van der Waals surface area contributed by atoms with Crippen molar-refractivity contribution in [3.8, 4) is 5.75 Å². The summed E-state index contributed by atoms with van der Waals surface area (Å²) in [5, 5.41) is 0.916. The van der Waals surface area contributed by atoms with E-state index in [-0.39, 0.29) is 24.1 Å². The van der Waals surface area contributed by atoms with Crippen LogP contribution in [-0.2, 0) is 17.8 Å². The first-order valence-electron chi connectivity index (χ1n) is 9.98. The smallest absolute Gasteiger partial charge is 0.406 e. The van der Waals surface area contributed by atoms with E-state index in [0.717, 1.165) is 27.7 Å². The normalized spacial score (nSPS) is 11.9. The lowest BCUT2D eigenvalue weighted by atomic mass is 9.90. The molecule has 3 rings (SSSR count). The van der Waals surface area contributed by atoms with Crippen LogP contribution in [0, 0.1) is 6.92 Å². The molecular formula is C23H26F3N3O2. The number of hydrogen-bond donors (Lipinski definition) is 0. The van der Waals surface area contributed by atoms with Crippen LogP contribution >= 0.6 is 0 Å². The lowest BCUT2D eigenvalue weighted by molar-refractivity contribution is -0.274. The first kappa shape index (κ1) is 22.7. The second kappa shape index (κ2) is 8.61. The summed E-state index contributed by atoms with van der Waals surface area (Å²) in [5.41, 5.74) is 4.14. The van der Waals surface area contributed by atoms with Crippen molar-refractivity contribution in [1.82, 2.24) is 14.5 Å². The number of alkyl halides is 3. The standard InChI is InChI=1S/C23H26F3N3O2/c1-14(2)18-11-16(31-23(24,25)26)10-15(3)19(18)12-20-17-7-9-29(13-22(30)28(4)5)21(17)6-8-27-20/h6-11,14H,12-13H2,1-5H3. The Balaban J connectivity index is 2.00. The highest BCUT2D eigenvalue weighted by molar-refractivity contribution is 5.85. The zero-order valence-corrected chi connectivity index (χ0v) is 18.2. The van der Waals surface area contributed by atoms with Gasteiger partial charge < -0.3 is 14.2 Å². The molecular weight excluding hydrogens is 407 g/mol. The van der Waals surface area contributed by atoms with Crippen molar-refractivity contribution in [1.29, 1.82) is 0 Å². The van der Waals surface area contributed by atoms with Crippen LogP contribution in [0.1, 0.15) is 42.1 Å². The van der Waals surface area contributed by atoms with Crippen LogP contribution in [0.3, 0.4) is 0 Å². The molecule has 0 fully saturated rings. The molecule has 2 heterocycles. The van der Waals surface area contributed by atoms with Gasteiger partial charge in [0, 0.05) is 38.3 Å². The predicted molar refractivity (Wildman–Crippen MR) is 113 cm³/mol. The molecule has 0 saturated heterocycles. The Labute approximate surface area is 179 Å². The van der Waals surface area contributed by atoms with E-state index in [1.165, 1.54) is 17.0 Å². The number of aryl methyl sites for hydroxylation is 1. The maximum Gasteiger partial charge on any atom is 0.573 e. The van der Waals surface area contributed by atoms with Gasteiger partial charge in [-0.1, -0.05) is 13.8 Å². The summed E-state index contributed by atoms with van der Waals surface area (Å²) in [6.07, 6.45) is -0.718. The van der Waals surface area contributed by atoms with Crippen LogP contribution in [-0.4, -0.2) is 40.8 Å². The minimum Gasteiger partial charge on any atom is -0.406 e. The maximum atomic E-state index is 12.7. The molecule has 166 valence electrons. The topological polar surface area (TPSA) is 47.4 Å². The fourth-order valence-corrected chi connectivity index (χ4v) is 3.67. The zero-order chi connectivity index (χ0) is 22.9. The molecule has 0 saturated carbocycles. The summed E-state index contributed by atoms with van der Waals surface area (Å²) in [6.45, 7) is 5.88. The Morgan fingerprint density at radius 1 is 1.23 bits per heavy atom. The molecule has 2 aromatic heterocycles. The van der Waals surface area contributed by atoms with Crippen molar-refractivity contribution in [3.05, 3.63) is 59.0 Å². The Morgan fingerprint density at radius 2 is 1.94 bits per heavy atom. The second-order valence-corrected chi connectivity index (χ2v) is 8.11. The Morgan fingerprint density at radius 3 is 2.55 bits per heavy atom. The number of likely N-dealkylation sites (N-methyl/N-ethyl adjacent to an activating group) is 1. The van der Waals surface area contributed by atoms with Gasteiger partial charge in [-0.3, -0.25) is 9.78 Å². The lowest BCUT2D eigenvalue weighted by Gasteiger charge is -2.19. The van der Waals surface area contributed by atoms with Gasteiger partial charge in [0.1, 0.15) is 12.3 Å². The van der Waals surface area contributed by atoms with Crippen molar-refractivity contribution in [2.45, 2.75) is 46.0 Å². The van der Waals surface area contributed by atoms with Crippen molar-refractivity contribution < 1.29 is 22.7 Å². The number of amides is 1. The van der Waals surface area contributed by atoms with E-state index in [1.807, 2.05) is 36.7 Å². The molecule has 5 nitrogen and oxygen atoms in total. The quantitative estimate of drug-likeness (QED) is 0.547. The summed E-state index contributed by atoms with van der Waals surface area (Å²) < 4.78 is 44.2. The molecule has 0 aliphatic carbocycles. The fourth-order valence-electron chi connectivity index (χ4n) is 3.67. The van der Waals surface area contributed by atoms with Gasteiger partial charge in [-0.15, -0.1) is 13.2 Å². The number of fused-ring (bicyclic) bond motifs is 1. The van der Waals surface area contributed by atoms with Crippen molar-refractivity contribution in [2.75, 3.05) is 14.1 Å². The van der Waals surface area contributed by atoms with Gasteiger partial charge in [0.2, 0.25) is 5.91 Å². The maximum absolute atomic E-state index is 12.7. The Hall–Kier alpha value is -3.03. The van der Waals surface area contributed by atoms with Crippen molar-refractivity contribution in [3.63, 3.8) is 0 Å². The molecule has 0 unspecified atom stereocenters. The molecule has 1 aromatic carbocycles. The van der Waals surface area contributed by atoms with Gasteiger partial charge >= 0.3 is 6.36 Å². The Bertz CT molecular complexity index is 1100. The van der Waals surface area contributed by atoms with Crippen LogP contribution in [0.2, 0.25) is 0 Å². The van der Waals surface area contributed by atoms with Crippen molar-refractivity contribution in [2.24, 2.45) is 0 Å². The second-order valence-electron chi connectivity index (χ2n) is 8.11. The summed E-state index contributed by atoms with van der Waals surface area (Å²) in [4.78, 5) is 18.2. The van der Waals surface area contributed by atoms with Gasteiger partial charge in [-0.25, -0.2) is 0 Å². The highest BCUT2D eigenvalue weighted by atomic mass is 19.4. The van der Waals surface area contributed by atoms with Crippen LogP contribution in [0.15, 0.2) is 36.7 Å². The monoisotopic (exact) mass is 433 g/mol. The largest absolute Gasteiger partial charge is 0.573 e. The minimum atomic E-state index is -4.73. The van der Waals surface area contributed by atoms with E-state index >= 15 is 0 Å². The molecule has 0 atom stereocenters. The van der Waals surface area contributed by atoms with Crippen LogP contribution in [0.25, 0.3) is 10.9 Å². The third-order valence-corrected chi connectivity index (χ3v) is 5.27.